The van der Waals surface area contributed by atoms with Gasteiger partial charge in [0.05, 0.1) is 0 Å². The second kappa shape index (κ2) is 6.24. The smallest absolute Gasteiger partial charge is 0.252 e. The summed E-state index contributed by atoms with van der Waals surface area (Å²) in [6.45, 7) is 6.77. The molecule has 2 rings (SSSR count). The molecule has 4 nitrogen and oxygen atoms in total. The minimum Gasteiger partial charge on any atom is -0.371 e. The predicted molar refractivity (Wildman–Crippen MR) is 79.9 cm³/mol. The van der Waals surface area contributed by atoms with Gasteiger partial charge in [0, 0.05) is 19.2 Å². The van der Waals surface area contributed by atoms with Crippen molar-refractivity contribution in [1.82, 2.24) is 4.57 Å². The third kappa shape index (κ3) is 3.00. The maximum atomic E-state index is 12.3. The Bertz CT molecular complexity index is 491. The van der Waals surface area contributed by atoms with E-state index < -0.39 is 0 Å². The normalized spacial score (nSPS) is 14.9. The maximum Gasteiger partial charge on any atom is 0.252 e. The third-order valence-electron chi connectivity index (χ3n) is 3.80. The molecule has 0 unspecified atom stereocenters. The van der Waals surface area contributed by atoms with Gasteiger partial charge in [-0.1, -0.05) is 13.8 Å². The molecule has 0 amide bonds. The first kappa shape index (κ1) is 14.1. The number of hydrogen-bond acceptors (Lipinski definition) is 3. The summed E-state index contributed by atoms with van der Waals surface area (Å²) in [5.74, 6) is 1.42. The van der Waals surface area contributed by atoms with E-state index >= 15 is 0 Å². The predicted octanol–water partition coefficient (Wildman–Crippen LogP) is 2.07. The van der Waals surface area contributed by atoms with E-state index in [9.17, 15) is 4.79 Å². The van der Waals surface area contributed by atoms with Gasteiger partial charge in [-0.15, -0.1) is 0 Å². The van der Waals surface area contributed by atoms with E-state index in [-0.39, 0.29) is 5.56 Å². The molecule has 0 saturated carbocycles. The molecule has 1 aromatic heterocycles. The van der Waals surface area contributed by atoms with Crippen molar-refractivity contribution < 1.29 is 0 Å². The number of aromatic nitrogens is 1. The number of pyridine rings is 1. The van der Waals surface area contributed by atoms with Crippen LogP contribution in [0.3, 0.4) is 0 Å². The Balaban J connectivity index is 2.54. The first-order valence-corrected chi connectivity index (χ1v) is 7.35. The van der Waals surface area contributed by atoms with Gasteiger partial charge in [-0.3, -0.25) is 9.36 Å². The first-order valence-electron chi connectivity index (χ1n) is 7.35. The Morgan fingerprint density at radius 1 is 1.42 bits per heavy atom. The highest BCUT2D eigenvalue weighted by atomic mass is 16.1. The molecule has 106 valence electrons. The van der Waals surface area contributed by atoms with Gasteiger partial charge in [0.15, 0.2) is 0 Å². The molecule has 0 atom stereocenters. The van der Waals surface area contributed by atoms with Gasteiger partial charge >= 0.3 is 0 Å². The van der Waals surface area contributed by atoms with Gasteiger partial charge < -0.3 is 11.1 Å². The fourth-order valence-electron chi connectivity index (χ4n) is 2.79. The van der Waals surface area contributed by atoms with E-state index in [1.165, 1.54) is 11.1 Å². The van der Waals surface area contributed by atoms with Gasteiger partial charge in [-0.25, -0.2) is 0 Å². The van der Waals surface area contributed by atoms with Crippen molar-refractivity contribution in [3.8, 4) is 0 Å². The van der Waals surface area contributed by atoms with Gasteiger partial charge in [0.25, 0.3) is 5.56 Å². The summed E-state index contributed by atoms with van der Waals surface area (Å²) >= 11 is 0. The highest BCUT2D eigenvalue weighted by molar-refractivity contribution is 5.51. The molecule has 0 radical (unpaired) electrons. The van der Waals surface area contributed by atoms with E-state index in [0.717, 1.165) is 44.6 Å². The number of nitrogens with one attached hydrogen (secondary N) is 1. The Labute approximate surface area is 115 Å². The Morgan fingerprint density at radius 3 is 2.89 bits per heavy atom. The Kier molecular flexibility index (Phi) is 4.64. The molecule has 19 heavy (non-hydrogen) atoms. The number of rotatable bonds is 4. The maximum absolute atomic E-state index is 12.3. The monoisotopic (exact) mass is 263 g/mol. The molecule has 2 heterocycles. The number of nitrogens with zero attached hydrogens (tertiary/aromatic N) is 1. The van der Waals surface area contributed by atoms with Crippen LogP contribution in [0.2, 0.25) is 0 Å². The van der Waals surface area contributed by atoms with Crippen molar-refractivity contribution in [3.63, 3.8) is 0 Å². The topological polar surface area (TPSA) is 60.0 Å². The molecule has 4 heteroatoms. The van der Waals surface area contributed by atoms with Gasteiger partial charge in [-0.2, -0.15) is 0 Å². The molecule has 0 saturated heterocycles. The van der Waals surface area contributed by atoms with Crippen LogP contribution < -0.4 is 16.6 Å². The van der Waals surface area contributed by atoms with Crippen LogP contribution in [-0.2, 0) is 13.0 Å². The molecule has 1 aromatic rings. The molecule has 0 bridgehead atoms. The van der Waals surface area contributed by atoms with Crippen molar-refractivity contribution in [2.24, 2.45) is 5.73 Å². The SMILES string of the molecule is CC(C)c1cc(=O)n2c(c1CCCN)NCCCC2. The lowest BCUT2D eigenvalue weighted by Gasteiger charge is -2.20. The summed E-state index contributed by atoms with van der Waals surface area (Å²) in [5.41, 5.74) is 8.25. The summed E-state index contributed by atoms with van der Waals surface area (Å²) in [4.78, 5) is 12.3. The Morgan fingerprint density at radius 2 is 2.21 bits per heavy atom. The zero-order valence-corrected chi connectivity index (χ0v) is 12.0. The van der Waals surface area contributed by atoms with Crippen LogP contribution >= 0.6 is 0 Å². The highest BCUT2D eigenvalue weighted by Gasteiger charge is 2.18. The summed E-state index contributed by atoms with van der Waals surface area (Å²) in [6, 6.07) is 1.83. The standard InChI is InChI=1S/C15H25N3O/c1-11(2)13-10-14(19)18-9-4-3-8-17-15(18)12(13)6-5-7-16/h10-11,17H,3-9,16H2,1-2H3. The molecule has 0 fully saturated rings. The lowest BCUT2D eigenvalue weighted by molar-refractivity contribution is 0.630. The van der Waals surface area contributed by atoms with E-state index in [2.05, 4.69) is 19.2 Å². The third-order valence-corrected chi connectivity index (χ3v) is 3.80. The molecule has 1 aliphatic heterocycles. The zero-order chi connectivity index (χ0) is 13.8. The number of hydrogen-bond donors (Lipinski definition) is 2. The number of fused-ring (bicyclic) bond motifs is 1. The van der Waals surface area contributed by atoms with Crippen LogP contribution in [-0.4, -0.2) is 17.7 Å². The molecule has 3 N–H and O–H groups in total. The van der Waals surface area contributed by atoms with E-state index in [0.29, 0.717) is 12.5 Å². The van der Waals surface area contributed by atoms with Crippen LogP contribution in [0.1, 0.15) is 50.2 Å². The second-order valence-corrected chi connectivity index (χ2v) is 5.60. The minimum absolute atomic E-state index is 0.129. The van der Waals surface area contributed by atoms with Crippen molar-refractivity contribution >= 4 is 5.82 Å². The lowest BCUT2D eigenvalue weighted by atomic mass is 9.95. The fourth-order valence-corrected chi connectivity index (χ4v) is 2.79. The quantitative estimate of drug-likeness (QED) is 0.874. The van der Waals surface area contributed by atoms with E-state index in [1.807, 2.05) is 10.6 Å². The number of nitrogens with two attached hydrogens (primary N) is 1. The van der Waals surface area contributed by atoms with Crippen LogP contribution in [0.15, 0.2) is 10.9 Å². The van der Waals surface area contributed by atoms with E-state index in [1.54, 1.807) is 0 Å². The summed E-state index contributed by atoms with van der Waals surface area (Å²) in [6.07, 6.45) is 4.10. The van der Waals surface area contributed by atoms with Gasteiger partial charge in [0.2, 0.25) is 0 Å². The first-order chi connectivity index (χ1) is 9.15. The summed E-state index contributed by atoms with van der Waals surface area (Å²) in [7, 11) is 0. The molecule has 0 spiro atoms. The average Bonchev–Trinajstić information content (AvgIpc) is 2.63. The van der Waals surface area contributed by atoms with Gasteiger partial charge in [0.1, 0.15) is 5.82 Å². The average molecular weight is 263 g/mol. The van der Waals surface area contributed by atoms with E-state index in [4.69, 9.17) is 5.73 Å². The summed E-state index contributed by atoms with van der Waals surface area (Å²) in [5, 5.41) is 3.46. The molecular formula is C15H25N3O. The van der Waals surface area contributed by atoms with Gasteiger partial charge in [-0.05, 0) is 49.3 Å². The van der Waals surface area contributed by atoms with Crippen LogP contribution in [0.4, 0.5) is 5.82 Å². The summed E-state index contributed by atoms with van der Waals surface area (Å²) < 4.78 is 1.91. The Hall–Kier alpha value is -1.29. The molecule has 0 aromatic carbocycles. The second-order valence-electron chi connectivity index (χ2n) is 5.60. The van der Waals surface area contributed by atoms with Crippen molar-refractivity contribution in [3.05, 3.63) is 27.5 Å². The molecule has 1 aliphatic rings. The van der Waals surface area contributed by atoms with Crippen LogP contribution in [0, 0.1) is 0 Å². The van der Waals surface area contributed by atoms with Crippen LogP contribution in [0.5, 0.6) is 0 Å². The van der Waals surface area contributed by atoms with Crippen molar-refractivity contribution in [2.45, 2.75) is 52.0 Å². The highest BCUT2D eigenvalue weighted by Crippen LogP contribution is 2.27. The number of anilines is 1. The largest absolute Gasteiger partial charge is 0.371 e. The molecule has 0 aliphatic carbocycles. The van der Waals surface area contributed by atoms with Crippen molar-refractivity contribution in [2.75, 3.05) is 18.4 Å². The van der Waals surface area contributed by atoms with Crippen molar-refractivity contribution in [1.29, 1.82) is 0 Å². The van der Waals surface area contributed by atoms with Crippen LogP contribution in [0.25, 0.3) is 0 Å². The zero-order valence-electron chi connectivity index (χ0n) is 12.0. The molecular weight excluding hydrogens is 238 g/mol. The lowest BCUT2D eigenvalue weighted by Crippen LogP contribution is -2.25. The minimum atomic E-state index is 0.129. The fraction of sp³-hybridized carbons (Fsp3) is 0.667.